The number of halogens is 2. The van der Waals surface area contributed by atoms with Gasteiger partial charge in [-0.05, 0) is 77.8 Å². The monoisotopic (exact) mass is 658 g/mol. The number of carbonyl (C=O) groups excluding carboxylic acids is 2. The third kappa shape index (κ3) is 7.68. The molecular formula is C34H36F2N8O4. The number of nitrogen functional groups attached to an aromatic ring is 1. The molecule has 0 radical (unpaired) electrons. The number of nitrogens with zero attached hydrogens (tertiary/aromatic N) is 6. The average molecular weight is 659 g/mol. The molecule has 1 aliphatic rings. The summed E-state index contributed by atoms with van der Waals surface area (Å²) in [6, 6.07) is 11.3. The van der Waals surface area contributed by atoms with Crippen molar-refractivity contribution in [2.24, 2.45) is 0 Å². The number of aromatic nitrogens is 4. The van der Waals surface area contributed by atoms with Crippen molar-refractivity contribution in [3.63, 3.8) is 0 Å². The molecule has 2 aromatic heterocycles. The maximum atomic E-state index is 15.6. The number of amides is 2. The number of hydrogen-bond donors (Lipinski definition) is 2. The summed E-state index contributed by atoms with van der Waals surface area (Å²) < 4.78 is 41.7. The molecule has 1 fully saturated rings. The molecule has 1 atom stereocenters. The van der Waals surface area contributed by atoms with E-state index in [-0.39, 0.29) is 46.7 Å². The summed E-state index contributed by atoms with van der Waals surface area (Å²) in [6.07, 6.45) is 3.30. The summed E-state index contributed by atoms with van der Waals surface area (Å²) in [5, 5.41) is 17.6. The van der Waals surface area contributed by atoms with Gasteiger partial charge in [0.1, 0.15) is 58.2 Å². The Hall–Kier alpha value is -5.58. The third-order valence-electron chi connectivity index (χ3n) is 7.49. The zero-order valence-corrected chi connectivity index (χ0v) is 27.3. The fourth-order valence-corrected chi connectivity index (χ4v) is 5.52. The van der Waals surface area contributed by atoms with Gasteiger partial charge >= 0.3 is 6.09 Å². The molecule has 5 rings (SSSR count). The highest BCUT2D eigenvalue weighted by Crippen LogP contribution is 2.35. The quantitative estimate of drug-likeness (QED) is 0.174. The van der Waals surface area contributed by atoms with Gasteiger partial charge in [-0.1, -0.05) is 6.07 Å². The van der Waals surface area contributed by atoms with E-state index in [4.69, 9.17) is 15.2 Å². The second kappa shape index (κ2) is 13.3. The summed E-state index contributed by atoms with van der Waals surface area (Å²) in [6.45, 7) is 9.09. The first-order chi connectivity index (χ1) is 22.6. The second-order valence-corrected chi connectivity index (χ2v) is 13.0. The first-order valence-electron chi connectivity index (χ1n) is 15.3. The summed E-state index contributed by atoms with van der Waals surface area (Å²) in [4.78, 5) is 36.1. The van der Waals surface area contributed by atoms with Gasteiger partial charge in [0, 0.05) is 24.2 Å². The van der Waals surface area contributed by atoms with Crippen molar-refractivity contribution in [3.8, 4) is 28.8 Å². The lowest BCUT2D eigenvalue weighted by molar-refractivity contribution is -0.127. The number of ether oxygens (including phenoxy) is 2. The van der Waals surface area contributed by atoms with Gasteiger partial charge in [0.25, 0.3) is 5.91 Å². The van der Waals surface area contributed by atoms with Gasteiger partial charge in [0.15, 0.2) is 5.65 Å². The normalized spacial score (nSPS) is 15.3. The number of nitrogens with one attached hydrogen (secondary N) is 1. The number of fused-ring (bicyclic) bond motifs is 1. The van der Waals surface area contributed by atoms with E-state index in [1.165, 1.54) is 42.7 Å². The van der Waals surface area contributed by atoms with Crippen LogP contribution in [-0.2, 0) is 16.1 Å². The van der Waals surface area contributed by atoms with Crippen LogP contribution in [0.15, 0.2) is 60.4 Å². The van der Waals surface area contributed by atoms with Crippen LogP contribution in [0.4, 0.5) is 19.4 Å². The van der Waals surface area contributed by atoms with Crippen molar-refractivity contribution in [2.45, 2.75) is 71.2 Å². The minimum Gasteiger partial charge on any atom is -0.457 e. The Kier molecular flexibility index (Phi) is 9.33. The summed E-state index contributed by atoms with van der Waals surface area (Å²) in [5.41, 5.74) is 4.96. The number of nitrogens with two attached hydrogens (primary N) is 1. The molecule has 3 N–H and O–H groups in total. The van der Waals surface area contributed by atoms with Crippen LogP contribution in [0.3, 0.4) is 0 Å². The largest absolute Gasteiger partial charge is 0.457 e. The lowest BCUT2D eigenvalue weighted by Crippen LogP contribution is -2.45. The van der Waals surface area contributed by atoms with Gasteiger partial charge < -0.3 is 25.4 Å². The van der Waals surface area contributed by atoms with Crippen LogP contribution in [0.5, 0.6) is 11.5 Å². The summed E-state index contributed by atoms with van der Waals surface area (Å²) >= 11 is 0. The average Bonchev–Trinajstić information content (AvgIpc) is 3.60. The van der Waals surface area contributed by atoms with Crippen molar-refractivity contribution < 1.29 is 27.8 Å². The Morgan fingerprint density at radius 3 is 2.56 bits per heavy atom. The molecule has 0 saturated carbocycles. The highest BCUT2D eigenvalue weighted by Gasteiger charge is 2.34. The van der Waals surface area contributed by atoms with Crippen LogP contribution in [0.2, 0.25) is 0 Å². The number of nitriles is 1. The summed E-state index contributed by atoms with van der Waals surface area (Å²) in [7, 11) is 0. The van der Waals surface area contributed by atoms with Gasteiger partial charge in [-0.25, -0.2) is 28.2 Å². The van der Waals surface area contributed by atoms with E-state index in [9.17, 15) is 19.2 Å². The molecule has 0 aliphatic carbocycles. The van der Waals surface area contributed by atoms with Crippen LogP contribution in [-0.4, -0.2) is 60.4 Å². The molecule has 14 heteroatoms. The Morgan fingerprint density at radius 1 is 1.12 bits per heavy atom. The molecule has 12 nitrogen and oxygen atoms in total. The topological polar surface area (TPSA) is 161 Å². The molecule has 1 aliphatic heterocycles. The molecule has 0 unspecified atom stereocenters. The maximum Gasteiger partial charge on any atom is 0.408 e. The van der Waals surface area contributed by atoms with Gasteiger partial charge in [0.2, 0.25) is 0 Å². The number of rotatable bonds is 8. The van der Waals surface area contributed by atoms with Crippen LogP contribution in [0.1, 0.15) is 47.5 Å². The number of hydrogen-bond acceptors (Lipinski definition) is 9. The SMILES string of the molecule is CC(C)(/C=C(\C#N)C(=O)N1CCC[C@H]1Cn1nc(-c2ccc(Oc3cccc(F)c3)cc2F)c2c(N)ncnc21)NC(=O)OC(C)(C)C. The first-order valence-corrected chi connectivity index (χ1v) is 15.3. The highest BCUT2D eigenvalue weighted by atomic mass is 19.1. The standard InChI is InChI=1S/C34H36F2N8O4/c1-33(2,3)48-32(46)41-34(4,5)16-20(17-37)31(45)43-13-7-9-22(43)18-44-30-27(29(38)39-19-40-30)28(42-44)25-12-11-24(15-26(25)36)47-23-10-6-8-21(35)14-23/h6,8,10-12,14-16,19,22H,7,9,13,18H2,1-5H3,(H,41,46)(H2,38,39,40)/b20-16+/t22-/m0/s1. The van der Waals surface area contributed by atoms with Crippen LogP contribution in [0, 0.1) is 23.0 Å². The number of benzene rings is 2. The zero-order chi connectivity index (χ0) is 34.8. The lowest BCUT2D eigenvalue weighted by atomic mass is 10.0. The molecular weight excluding hydrogens is 622 g/mol. The predicted molar refractivity (Wildman–Crippen MR) is 173 cm³/mol. The van der Waals surface area contributed by atoms with E-state index < -0.39 is 34.8 Å². The molecule has 2 amide bonds. The van der Waals surface area contributed by atoms with Gasteiger partial charge in [-0.15, -0.1) is 0 Å². The number of anilines is 1. The van der Waals surface area contributed by atoms with E-state index >= 15 is 4.39 Å². The Bertz CT molecular complexity index is 1940. The third-order valence-corrected chi connectivity index (χ3v) is 7.49. The molecule has 1 saturated heterocycles. The maximum absolute atomic E-state index is 15.6. The first kappa shape index (κ1) is 33.8. The molecule has 0 spiro atoms. The molecule has 4 aromatic rings. The van der Waals surface area contributed by atoms with Crippen LogP contribution < -0.4 is 15.8 Å². The molecule has 250 valence electrons. The minimum absolute atomic E-state index is 0.0921. The number of likely N-dealkylation sites (tertiary alicyclic amines) is 1. The van der Waals surface area contributed by atoms with Crippen molar-refractivity contribution >= 4 is 28.9 Å². The number of alkyl carbamates (subject to hydrolysis) is 1. The molecule has 3 heterocycles. The van der Waals surface area contributed by atoms with Gasteiger partial charge in [-0.3, -0.25) is 4.79 Å². The Morgan fingerprint density at radius 2 is 1.88 bits per heavy atom. The highest BCUT2D eigenvalue weighted by molar-refractivity contribution is 5.99. The lowest BCUT2D eigenvalue weighted by Gasteiger charge is -2.28. The fourth-order valence-electron chi connectivity index (χ4n) is 5.52. The van der Waals surface area contributed by atoms with Gasteiger partial charge in [-0.2, -0.15) is 10.4 Å². The van der Waals surface area contributed by atoms with Crippen LogP contribution >= 0.6 is 0 Å². The second-order valence-electron chi connectivity index (χ2n) is 13.0. The van der Waals surface area contributed by atoms with Gasteiger partial charge in [0.05, 0.1) is 23.5 Å². The van der Waals surface area contributed by atoms with E-state index in [1.807, 2.05) is 6.07 Å². The molecule has 0 bridgehead atoms. The molecule has 2 aromatic carbocycles. The predicted octanol–water partition coefficient (Wildman–Crippen LogP) is 5.89. The summed E-state index contributed by atoms with van der Waals surface area (Å²) in [5.74, 6) is -1.19. The van der Waals surface area contributed by atoms with E-state index in [0.29, 0.717) is 30.4 Å². The van der Waals surface area contributed by atoms with Crippen molar-refractivity contribution in [1.82, 2.24) is 30.0 Å². The van der Waals surface area contributed by atoms with Crippen LogP contribution in [0.25, 0.3) is 22.3 Å². The Balaban J connectivity index is 1.40. The van der Waals surface area contributed by atoms with Crippen molar-refractivity contribution in [1.29, 1.82) is 5.26 Å². The van der Waals surface area contributed by atoms with E-state index in [2.05, 4.69) is 20.4 Å². The van der Waals surface area contributed by atoms with Crippen molar-refractivity contribution in [3.05, 3.63) is 72.1 Å². The van der Waals surface area contributed by atoms with E-state index in [0.717, 1.165) is 6.07 Å². The molecule has 48 heavy (non-hydrogen) atoms. The zero-order valence-electron chi connectivity index (χ0n) is 27.3. The smallest absolute Gasteiger partial charge is 0.408 e. The Labute approximate surface area is 276 Å². The van der Waals surface area contributed by atoms with E-state index in [1.54, 1.807) is 50.3 Å². The minimum atomic E-state index is -1.07. The number of carbonyl (C=O) groups is 2. The fraction of sp³-hybridized carbons (Fsp3) is 0.353. The van der Waals surface area contributed by atoms with Crippen molar-refractivity contribution in [2.75, 3.05) is 12.3 Å².